The SMILES string of the molecule is Cc1nccc(C(=O)N2CCOC[C@H]2CCc2nccnc2C)n1. The van der Waals surface area contributed by atoms with Gasteiger partial charge in [0.1, 0.15) is 11.5 Å². The Labute approximate surface area is 141 Å². The van der Waals surface area contributed by atoms with Crippen LogP contribution in [0.1, 0.15) is 34.1 Å². The third-order valence-electron chi connectivity index (χ3n) is 4.18. The molecule has 2 aromatic rings. The van der Waals surface area contributed by atoms with Gasteiger partial charge in [0.15, 0.2) is 0 Å². The number of rotatable bonds is 4. The highest BCUT2D eigenvalue weighted by Gasteiger charge is 2.29. The summed E-state index contributed by atoms with van der Waals surface area (Å²) in [6.07, 6.45) is 6.56. The number of aryl methyl sites for hydroxylation is 3. The summed E-state index contributed by atoms with van der Waals surface area (Å²) >= 11 is 0. The van der Waals surface area contributed by atoms with Crippen LogP contribution in [0.3, 0.4) is 0 Å². The first-order chi connectivity index (χ1) is 11.6. The minimum Gasteiger partial charge on any atom is -0.377 e. The lowest BCUT2D eigenvalue weighted by atomic mass is 10.1. The first kappa shape index (κ1) is 16.4. The fourth-order valence-electron chi connectivity index (χ4n) is 2.87. The Kier molecular flexibility index (Phi) is 5.10. The van der Waals surface area contributed by atoms with E-state index in [1.165, 1.54) is 0 Å². The summed E-state index contributed by atoms with van der Waals surface area (Å²) in [4.78, 5) is 31.6. The van der Waals surface area contributed by atoms with E-state index in [9.17, 15) is 4.79 Å². The number of ether oxygens (including phenoxy) is 1. The maximum Gasteiger partial charge on any atom is 0.272 e. The van der Waals surface area contributed by atoms with E-state index in [4.69, 9.17) is 4.74 Å². The second kappa shape index (κ2) is 7.44. The number of amides is 1. The molecule has 0 bridgehead atoms. The van der Waals surface area contributed by atoms with Crippen molar-refractivity contribution in [2.24, 2.45) is 0 Å². The average Bonchev–Trinajstić information content (AvgIpc) is 2.61. The van der Waals surface area contributed by atoms with E-state index in [-0.39, 0.29) is 11.9 Å². The molecular formula is C17H21N5O2. The third kappa shape index (κ3) is 3.73. The van der Waals surface area contributed by atoms with Crippen molar-refractivity contribution in [2.75, 3.05) is 19.8 Å². The number of nitrogens with zero attached hydrogens (tertiary/aromatic N) is 5. The van der Waals surface area contributed by atoms with E-state index in [0.717, 1.165) is 24.2 Å². The quantitative estimate of drug-likeness (QED) is 0.843. The largest absolute Gasteiger partial charge is 0.377 e. The Morgan fingerprint density at radius 1 is 1.25 bits per heavy atom. The van der Waals surface area contributed by atoms with Gasteiger partial charge in [-0.05, 0) is 32.8 Å². The standard InChI is InChI=1S/C17H21N5O2/c1-12-15(20-8-7-18-12)4-3-14-11-24-10-9-22(14)17(23)16-5-6-19-13(2)21-16/h5-8,14H,3-4,9-11H2,1-2H3/t14-/m1/s1. The molecule has 1 saturated heterocycles. The predicted octanol–water partition coefficient (Wildman–Crippen LogP) is 1.36. The molecule has 0 N–H and O–H groups in total. The van der Waals surface area contributed by atoms with Crippen LogP contribution in [-0.2, 0) is 11.2 Å². The highest BCUT2D eigenvalue weighted by molar-refractivity contribution is 5.92. The van der Waals surface area contributed by atoms with Gasteiger partial charge >= 0.3 is 0 Å². The molecule has 3 heterocycles. The van der Waals surface area contributed by atoms with E-state index in [1.807, 2.05) is 11.8 Å². The van der Waals surface area contributed by atoms with E-state index in [0.29, 0.717) is 31.3 Å². The molecule has 24 heavy (non-hydrogen) atoms. The smallest absolute Gasteiger partial charge is 0.272 e. The summed E-state index contributed by atoms with van der Waals surface area (Å²) in [5.74, 6) is 0.533. The van der Waals surface area contributed by atoms with Crippen molar-refractivity contribution in [3.8, 4) is 0 Å². The summed E-state index contributed by atoms with van der Waals surface area (Å²) in [6, 6.07) is 1.68. The summed E-state index contributed by atoms with van der Waals surface area (Å²) in [7, 11) is 0. The molecule has 0 radical (unpaired) electrons. The number of morpholine rings is 1. The van der Waals surface area contributed by atoms with Crippen molar-refractivity contribution >= 4 is 5.91 Å². The number of hydrogen-bond acceptors (Lipinski definition) is 6. The molecule has 1 atom stereocenters. The molecular weight excluding hydrogens is 306 g/mol. The lowest BCUT2D eigenvalue weighted by molar-refractivity contribution is -0.00446. The predicted molar refractivity (Wildman–Crippen MR) is 87.5 cm³/mol. The van der Waals surface area contributed by atoms with Crippen molar-refractivity contribution < 1.29 is 9.53 Å². The van der Waals surface area contributed by atoms with E-state index >= 15 is 0 Å². The zero-order chi connectivity index (χ0) is 16.9. The van der Waals surface area contributed by atoms with Crippen molar-refractivity contribution in [2.45, 2.75) is 32.7 Å². The molecule has 1 amide bonds. The third-order valence-corrected chi connectivity index (χ3v) is 4.18. The van der Waals surface area contributed by atoms with Gasteiger partial charge in [-0.15, -0.1) is 0 Å². The Morgan fingerprint density at radius 3 is 2.88 bits per heavy atom. The molecule has 0 spiro atoms. The van der Waals surface area contributed by atoms with E-state index < -0.39 is 0 Å². The lowest BCUT2D eigenvalue weighted by Gasteiger charge is -2.35. The first-order valence-electron chi connectivity index (χ1n) is 8.10. The van der Waals surface area contributed by atoms with Gasteiger partial charge in [-0.1, -0.05) is 0 Å². The van der Waals surface area contributed by atoms with Crippen LogP contribution in [0.25, 0.3) is 0 Å². The zero-order valence-corrected chi connectivity index (χ0v) is 14.0. The van der Waals surface area contributed by atoms with Gasteiger partial charge < -0.3 is 9.64 Å². The maximum atomic E-state index is 12.8. The monoisotopic (exact) mass is 327 g/mol. The number of carbonyl (C=O) groups excluding carboxylic acids is 1. The second-order valence-electron chi connectivity index (χ2n) is 5.84. The molecule has 0 aromatic carbocycles. The second-order valence-corrected chi connectivity index (χ2v) is 5.84. The van der Waals surface area contributed by atoms with Crippen molar-refractivity contribution in [1.82, 2.24) is 24.8 Å². The molecule has 0 unspecified atom stereocenters. The number of aromatic nitrogens is 4. The summed E-state index contributed by atoms with van der Waals surface area (Å²) in [6.45, 7) is 5.40. The van der Waals surface area contributed by atoms with Gasteiger partial charge in [-0.3, -0.25) is 14.8 Å². The minimum atomic E-state index is -0.0651. The number of hydrogen-bond donors (Lipinski definition) is 0. The van der Waals surface area contributed by atoms with Crippen molar-refractivity contribution in [3.63, 3.8) is 0 Å². The normalized spacial score (nSPS) is 17.8. The van der Waals surface area contributed by atoms with Crippen LogP contribution in [-0.4, -0.2) is 56.5 Å². The average molecular weight is 327 g/mol. The van der Waals surface area contributed by atoms with Gasteiger partial charge in [-0.25, -0.2) is 9.97 Å². The molecule has 7 heteroatoms. The number of carbonyl (C=O) groups is 1. The summed E-state index contributed by atoms with van der Waals surface area (Å²) in [5.41, 5.74) is 2.33. The fourth-order valence-corrected chi connectivity index (χ4v) is 2.87. The molecule has 7 nitrogen and oxygen atoms in total. The molecule has 2 aromatic heterocycles. The van der Waals surface area contributed by atoms with E-state index in [2.05, 4.69) is 19.9 Å². The van der Waals surface area contributed by atoms with Gasteiger partial charge in [0.05, 0.1) is 30.6 Å². The fraction of sp³-hybridized carbons (Fsp3) is 0.471. The van der Waals surface area contributed by atoms with Crippen molar-refractivity contribution in [1.29, 1.82) is 0 Å². The Balaban J connectivity index is 1.71. The molecule has 3 rings (SSSR count). The van der Waals surface area contributed by atoms with Gasteiger partial charge in [0.2, 0.25) is 0 Å². The molecule has 1 fully saturated rings. The lowest BCUT2D eigenvalue weighted by Crippen LogP contribution is -2.49. The van der Waals surface area contributed by atoms with Crippen LogP contribution in [0.2, 0.25) is 0 Å². The molecule has 126 valence electrons. The van der Waals surface area contributed by atoms with Crippen LogP contribution < -0.4 is 0 Å². The summed E-state index contributed by atoms with van der Waals surface area (Å²) in [5, 5.41) is 0. The Bertz CT molecular complexity index is 722. The van der Waals surface area contributed by atoms with Gasteiger partial charge in [0, 0.05) is 25.1 Å². The molecule has 0 saturated carbocycles. The van der Waals surface area contributed by atoms with Gasteiger partial charge in [0.25, 0.3) is 5.91 Å². The van der Waals surface area contributed by atoms with Crippen LogP contribution in [0.5, 0.6) is 0 Å². The Morgan fingerprint density at radius 2 is 2.08 bits per heavy atom. The zero-order valence-electron chi connectivity index (χ0n) is 14.0. The van der Waals surface area contributed by atoms with Crippen LogP contribution >= 0.6 is 0 Å². The van der Waals surface area contributed by atoms with Crippen LogP contribution in [0.4, 0.5) is 0 Å². The highest BCUT2D eigenvalue weighted by atomic mass is 16.5. The molecule has 1 aliphatic heterocycles. The Hall–Kier alpha value is -2.41. The minimum absolute atomic E-state index is 0.0166. The van der Waals surface area contributed by atoms with E-state index in [1.54, 1.807) is 31.6 Å². The highest BCUT2D eigenvalue weighted by Crippen LogP contribution is 2.16. The molecule has 0 aliphatic carbocycles. The first-order valence-corrected chi connectivity index (χ1v) is 8.10. The van der Waals surface area contributed by atoms with Crippen LogP contribution in [0.15, 0.2) is 24.7 Å². The maximum absolute atomic E-state index is 12.8. The van der Waals surface area contributed by atoms with Crippen molar-refractivity contribution in [3.05, 3.63) is 47.6 Å². The van der Waals surface area contributed by atoms with Crippen LogP contribution in [0, 0.1) is 13.8 Å². The van der Waals surface area contributed by atoms with Gasteiger partial charge in [-0.2, -0.15) is 0 Å². The summed E-state index contributed by atoms with van der Waals surface area (Å²) < 4.78 is 5.58. The topological polar surface area (TPSA) is 81.1 Å². The molecule has 1 aliphatic rings.